The molecule has 3 heterocycles. The van der Waals surface area contributed by atoms with Gasteiger partial charge in [-0.25, -0.2) is 9.97 Å². The van der Waals surface area contributed by atoms with E-state index in [1.54, 1.807) is 29.3 Å². The normalized spacial score (nSPS) is 13.8. The Labute approximate surface area is 151 Å². The lowest BCUT2D eigenvalue weighted by atomic mass is 10.1. The molecule has 1 aromatic carbocycles. The zero-order valence-electron chi connectivity index (χ0n) is 12.3. The van der Waals surface area contributed by atoms with Crippen molar-refractivity contribution in [3.05, 3.63) is 52.0 Å². The van der Waals surface area contributed by atoms with Gasteiger partial charge in [0.2, 0.25) is 0 Å². The van der Waals surface area contributed by atoms with Gasteiger partial charge in [-0.1, -0.05) is 29.3 Å². The highest BCUT2D eigenvalue weighted by Crippen LogP contribution is 2.29. The number of carbonyl (C=O) groups is 1. The molecule has 0 saturated carbocycles. The van der Waals surface area contributed by atoms with Gasteiger partial charge in [0.25, 0.3) is 5.91 Å². The van der Waals surface area contributed by atoms with Gasteiger partial charge in [-0.2, -0.15) is 4.37 Å². The van der Waals surface area contributed by atoms with E-state index in [0.29, 0.717) is 30.2 Å². The molecule has 0 fully saturated rings. The first-order valence-corrected chi connectivity index (χ1v) is 8.73. The largest absolute Gasteiger partial charge is 0.331 e. The fraction of sp³-hybridized carbons (Fsp3) is 0.200. The minimum Gasteiger partial charge on any atom is -0.331 e. The first-order chi connectivity index (χ1) is 11.6. The van der Waals surface area contributed by atoms with Gasteiger partial charge >= 0.3 is 0 Å². The topological polar surface area (TPSA) is 63.9 Å². The zero-order valence-corrected chi connectivity index (χ0v) is 14.6. The van der Waals surface area contributed by atoms with Crippen molar-refractivity contribution in [3.8, 4) is 10.8 Å². The molecule has 0 radical (unpaired) electrons. The summed E-state index contributed by atoms with van der Waals surface area (Å²) in [5.41, 5.74) is 1.37. The maximum Gasteiger partial charge on any atom is 0.255 e. The lowest BCUT2D eigenvalue weighted by molar-refractivity contribution is 0.0712. The van der Waals surface area contributed by atoms with Crippen molar-refractivity contribution >= 4 is 40.6 Å². The zero-order chi connectivity index (χ0) is 16.7. The summed E-state index contributed by atoms with van der Waals surface area (Å²) >= 11 is 13.5. The van der Waals surface area contributed by atoms with Gasteiger partial charge in [0.1, 0.15) is 6.33 Å². The summed E-state index contributed by atoms with van der Waals surface area (Å²) in [6.07, 6.45) is 3.29. The van der Waals surface area contributed by atoms with Gasteiger partial charge < -0.3 is 9.47 Å². The van der Waals surface area contributed by atoms with Gasteiger partial charge in [0.05, 0.1) is 34.0 Å². The number of amides is 1. The van der Waals surface area contributed by atoms with Crippen LogP contribution in [0.3, 0.4) is 0 Å². The second-order valence-corrected chi connectivity index (χ2v) is 6.86. The summed E-state index contributed by atoms with van der Waals surface area (Å²) in [5.74, 6) is 0.660. The Kier molecular flexibility index (Phi) is 3.99. The lowest BCUT2D eigenvalue weighted by Gasteiger charge is -2.29. The quantitative estimate of drug-likeness (QED) is 0.684. The Bertz CT molecular complexity index is 909. The second kappa shape index (κ2) is 6.16. The number of aromatic nitrogens is 4. The SMILES string of the molecule is O=C(c1cccc(Cl)c1Cl)N1CCn2c(cnc2-c2ncns2)C1. The standard InChI is InChI=1S/C15H11Cl2N5OS/c16-11-3-1-2-10(12(11)17)15(23)21-4-5-22-9(7-21)6-18-13(22)14-19-8-20-24-14/h1-3,6,8H,4-5,7H2. The van der Waals surface area contributed by atoms with Gasteiger partial charge in [-0.15, -0.1) is 0 Å². The van der Waals surface area contributed by atoms with E-state index in [4.69, 9.17) is 23.2 Å². The smallest absolute Gasteiger partial charge is 0.255 e. The molecule has 2 aromatic heterocycles. The minimum absolute atomic E-state index is 0.132. The van der Waals surface area contributed by atoms with Crippen molar-refractivity contribution in [2.75, 3.05) is 6.54 Å². The van der Waals surface area contributed by atoms with Crippen LogP contribution in [0, 0.1) is 0 Å². The van der Waals surface area contributed by atoms with E-state index in [2.05, 4.69) is 18.9 Å². The molecule has 24 heavy (non-hydrogen) atoms. The van der Waals surface area contributed by atoms with Crippen molar-refractivity contribution in [1.29, 1.82) is 0 Å². The van der Waals surface area contributed by atoms with Crippen molar-refractivity contribution in [2.24, 2.45) is 0 Å². The van der Waals surface area contributed by atoms with Crippen LogP contribution in [-0.2, 0) is 13.1 Å². The number of imidazole rings is 1. The Morgan fingerprint density at radius 2 is 2.08 bits per heavy atom. The molecule has 122 valence electrons. The summed E-state index contributed by atoms with van der Waals surface area (Å²) in [4.78, 5) is 23.1. The van der Waals surface area contributed by atoms with Crippen LogP contribution in [0.4, 0.5) is 0 Å². The van der Waals surface area contributed by atoms with Gasteiger partial charge in [-0.3, -0.25) is 4.79 Å². The van der Waals surface area contributed by atoms with E-state index in [0.717, 1.165) is 16.5 Å². The Morgan fingerprint density at radius 3 is 2.88 bits per heavy atom. The summed E-state index contributed by atoms with van der Waals surface area (Å²) in [6, 6.07) is 5.08. The number of benzene rings is 1. The summed E-state index contributed by atoms with van der Waals surface area (Å²) < 4.78 is 6.09. The molecule has 9 heteroatoms. The average Bonchev–Trinajstić information content (AvgIpc) is 3.25. The molecule has 1 aliphatic heterocycles. The van der Waals surface area contributed by atoms with Crippen LogP contribution >= 0.6 is 34.7 Å². The first kappa shape index (κ1) is 15.6. The molecule has 1 aliphatic rings. The maximum atomic E-state index is 12.8. The summed E-state index contributed by atoms with van der Waals surface area (Å²) in [5, 5.41) is 1.44. The Morgan fingerprint density at radius 1 is 1.21 bits per heavy atom. The van der Waals surface area contributed by atoms with Gasteiger partial charge in [-0.05, 0) is 23.7 Å². The molecular weight excluding hydrogens is 369 g/mol. The van der Waals surface area contributed by atoms with Crippen LogP contribution in [-0.4, -0.2) is 36.3 Å². The first-order valence-electron chi connectivity index (χ1n) is 7.20. The molecular formula is C15H11Cl2N5OS. The number of rotatable bonds is 2. The van der Waals surface area contributed by atoms with E-state index >= 15 is 0 Å². The number of hydrogen-bond acceptors (Lipinski definition) is 5. The maximum absolute atomic E-state index is 12.8. The summed E-state index contributed by atoms with van der Waals surface area (Å²) in [6.45, 7) is 1.68. The van der Waals surface area contributed by atoms with Crippen molar-refractivity contribution in [1.82, 2.24) is 23.8 Å². The third-order valence-corrected chi connectivity index (χ3v) is 5.39. The highest BCUT2D eigenvalue weighted by molar-refractivity contribution is 7.08. The van der Waals surface area contributed by atoms with Crippen LogP contribution in [0.5, 0.6) is 0 Å². The molecule has 0 spiro atoms. The minimum atomic E-state index is -0.132. The van der Waals surface area contributed by atoms with E-state index in [1.807, 2.05) is 0 Å². The van der Waals surface area contributed by atoms with Gasteiger partial charge in [0.15, 0.2) is 10.8 Å². The van der Waals surface area contributed by atoms with Gasteiger partial charge in [0, 0.05) is 13.1 Å². The number of hydrogen-bond donors (Lipinski definition) is 0. The number of nitrogens with zero attached hydrogens (tertiary/aromatic N) is 5. The Hall–Kier alpha value is -1.96. The van der Waals surface area contributed by atoms with Crippen molar-refractivity contribution in [3.63, 3.8) is 0 Å². The molecule has 3 aromatic rings. The predicted octanol–water partition coefficient (Wildman–Crippen LogP) is 3.36. The number of carbonyl (C=O) groups excluding carboxylic acids is 1. The molecule has 0 bridgehead atoms. The van der Waals surface area contributed by atoms with Crippen molar-refractivity contribution < 1.29 is 4.79 Å². The molecule has 0 N–H and O–H groups in total. The molecule has 0 unspecified atom stereocenters. The molecule has 0 saturated heterocycles. The van der Waals surface area contributed by atoms with Crippen LogP contribution in [0.2, 0.25) is 10.0 Å². The number of halogens is 2. The van der Waals surface area contributed by atoms with E-state index in [-0.39, 0.29) is 10.9 Å². The van der Waals surface area contributed by atoms with Crippen LogP contribution in [0.1, 0.15) is 16.1 Å². The highest BCUT2D eigenvalue weighted by Gasteiger charge is 2.26. The molecule has 0 aliphatic carbocycles. The fourth-order valence-electron chi connectivity index (χ4n) is 2.74. The lowest BCUT2D eigenvalue weighted by Crippen LogP contribution is -2.38. The van der Waals surface area contributed by atoms with Crippen LogP contribution in [0.25, 0.3) is 10.8 Å². The Balaban J connectivity index is 1.61. The average molecular weight is 380 g/mol. The highest BCUT2D eigenvalue weighted by atomic mass is 35.5. The third-order valence-electron chi connectivity index (χ3n) is 3.91. The van der Waals surface area contributed by atoms with Crippen molar-refractivity contribution in [2.45, 2.75) is 13.1 Å². The predicted molar refractivity (Wildman–Crippen MR) is 92.3 cm³/mol. The fourth-order valence-corrected chi connectivity index (χ4v) is 3.65. The van der Waals surface area contributed by atoms with Crippen LogP contribution < -0.4 is 0 Å². The van der Waals surface area contributed by atoms with Crippen LogP contribution in [0.15, 0.2) is 30.7 Å². The van der Waals surface area contributed by atoms with E-state index in [1.165, 1.54) is 17.9 Å². The number of fused-ring (bicyclic) bond motifs is 1. The summed E-state index contributed by atoms with van der Waals surface area (Å²) in [7, 11) is 0. The monoisotopic (exact) mass is 379 g/mol. The third kappa shape index (κ3) is 2.58. The van der Waals surface area contributed by atoms with E-state index < -0.39 is 0 Å². The second-order valence-electron chi connectivity index (χ2n) is 5.30. The molecule has 1 amide bonds. The van der Waals surface area contributed by atoms with E-state index in [9.17, 15) is 4.79 Å². The molecule has 0 atom stereocenters. The molecule has 6 nitrogen and oxygen atoms in total. The molecule has 4 rings (SSSR count).